The Morgan fingerprint density at radius 2 is 1.71 bits per heavy atom. The standard InChI is InChI=1S/C25H24N4O5/c1-15-13-16(2)29(14-21(30)26-18-7-11-20(33-4)12-8-18)25(31)22(15)24-27-23(28-34-24)17-5-9-19(32-3)10-6-17/h5-13H,1,14H2,2-4H3,(H,26,30)(H,27,28). The second kappa shape index (κ2) is 9.53. The molecule has 9 nitrogen and oxygen atoms in total. The van der Waals surface area contributed by atoms with Crippen molar-refractivity contribution >= 4 is 29.9 Å². The summed E-state index contributed by atoms with van der Waals surface area (Å²) in [5.41, 5.74) is 4.26. The molecule has 0 saturated heterocycles. The van der Waals surface area contributed by atoms with E-state index in [4.69, 9.17) is 14.3 Å². The van der Waals surface area contributed by atoms with Gasteiger partial charge in [0.05, 0.1) is 14.2 Å². The molecule has 3 aromatic rings. The Kier molecular flexibility index (Phi) is 6.35. The van der Waals surface area contributed by atoms with Crippen LogP contribution in [0.15, 0.2) is 64.4 Å². The number of ether oxygens (including phenoxy) is 2. The van der Waals surface area contributed by atoms with Gasteiger partial charge in [-0.15, -0.1) is 0 Å². The Morgan fingerprint density at radius 3 is 2.32 bits per heavy atom. The number of aliphatic imine (C=N–C) groups is 1. The highest BCUT2D eigenvalue weighted by Crippen LogP contribution is 2.16. The second-order valence-electron chi connectivity index (χ2n) is 7.55. The van der Waals surface area contributed by atoms with Crippen LogP contribution < -0.4 is 36.3 Å². The summed E-state index contributed by atoms with van der Waals surface area (Å²) in [5, 5.41) is 3.41. The van der Waals surface area contributed by atoms with E-state index in [1.807, 2.05) is 12.1 Å². The molecule has 9 heteroatoms. The number of hydrogen-bond acceptors (Lipinski definition) is 7. The summed E-state index contributed by atoms with van der Waals surface area (Å²) in [6.07, 6.45) is 0. The third-order valence-electron chi connectivity index (χ3n) is 5.30. The summed E-state index contributed by atoms with van der Waals surface area (Å²) >= 11 is 0. The molecular weight excluding hydrogens is 436 g/mol. The number of carbonyl (C=O) groups is 1. The van der Waals surface area contributed by atoms with Crippen LogP contribution in [0.3, 0.4) is 0 Å². The lowest BCUT2D eigenvalue weighted by Gasteiger charge is -2.11. The van der Waals surface area contributed by atoms with Gasteiger partial charge in [0.2, 0.25) is 5.91 Å². The highest BCUT2D eigenvalue weighted by Gasteiger charge is 2.18. The fourth-order valence-corrected chi connectivity index (χ4v) is 3.50. The maximum Gasteiger partial charge on any atom is 0.264 e. The number of nitrogens with zero attached hydrogens (tertiary/aromatic N) is 2. The number of methoxy groups -OCH3 is 2. The van der Waals surface area contributed by atoms with E-state index < -0.39 is 5.56 Å². The van der Waals surface area contributed by atoms with Crippen molar-refractivity contribution < 1.29 is 19.1 Å². The number of amidine groups is 1. The van der Waals surface area contributed by atoms with E-state index >= 15 is 0 Å². The molecule has 0 spiro atoms. The zero-order valence-corrected chi connectivity index (χ0v) is 19.0. The number of benzene rings is 2. The largest absolute Gasteiger partial charge is 0.497 e. The van der Waals surface area contributed by atoms with E-state index in [2.05, 4.69) is 22.4 Å². The number of amides is 1. The third-order valence-corrected chi connectivity index (χ3v) is 5.30. The fourth-order valence-electron chi connectivity index (χ4n) is 3.50. The van der Waals surface area contributed by atoms with Crippen molar-refractivity contribution in [3.8, 4) is 11.5 Å². The molecular formula is C25H24N4O5. The van der Waals surface area contributed by atoms with E-state index in [9.17, 15) is 9.59 Å². The lowest BCUT2D eigenvalue weighted by molar-refractivity contribution is -0.116. The second-order valence-corrected chi connectivity index (χ2v) is 7.55. The average molecular weight is 460 g/mol. The van der Waals surface area contributed by atoms with E-state index in [1.54, 1.807) is 63.6 Å². The van der Waals surface area contributed by atoms with Gasteiger partial charge in [0.25, 0.3) is 11.4 Å². The molecule has 2 heterocycles. The molecule has 2 aromatic carbocycles. The maximum absolute atomic E-state index is 13.3. The van der Waals surface area contributed by atoms with Crippen LogP contribution in [-0.4, -0.2) is 30.5 Å². The minimum atomic E-state index is -0.425. The number of anilines is 1. The van der Waals surface area contributed by atoms with E-state index in [0.717, 1.165) is 5.56 Å². The number of nitrogens with one attached hydrogen (secondary N) is 2. The number of rotatable bonds is 6. The third kappa shape index (κ3) is 4.63. The van der Waals surface area contributed by atoms with E-state index in [-0.39, 0.29) is 23.6 Å². The number of aryl methyl sites for hydroxylation is 1. The van der Waals surface area contributed by atoms with E-state index in [0.29, 0.717) is 33.9 Å². The van der Waals surface area contributed by atoms with Crippen molar-refractivity contribution in [1.29, 1.82) is 0 Å². The molecule has 174 valence electrons. The van der Waals surface area contributed by atoms with Crippen molar-refractivity contribution in [2.24, 2.45) is 4.99 Å². The van der Waals surface area contributed by atoms with Gasteiger partial charge in [0, 0.05) is 16.9 Å². The Morgan fingerprint density at radius 1 is 1.09 bits per heavy atom. The SMILES string of the molecule is C=c1cc(C)n(CC(=O)Nc2ccc(OC)cc2)c(=O)c1=C1N=C(c2ccc(OC)cc2)NO1. The zero-order chi connectivity index (χ0) is 24.2. The van der Waals surface area contributed by atoms with Crippen LogP contribution >= 0.6 is 0 Å². The molecule has 1 aliphatic heterocycles. The molecule has 1 aromatic heterocycles. The van der Waals surface area contributed by atoms with Crippen LogP contribution in [0.5, 0.6) is 11.5 Å². The predicted octanol–water partition coefficient (Wildman–Crippen LogP) is 1.27. The molecule has 0 aliphatic carbocycles. The number of hydroxylamine groups is 1. The molecule has 0 unspecified atom stereocenters. The van der Waals surface area contributed by atoms with Crippen LogP contribution in [0.25, 0.3) is 12.5 Å². The predicted molar refractivity (Wildman–Crippen MR) is 129 cm³/mol. The van der Waals surface area contributed by atoms with Crippen LogP contribution in [-0.2, 0) is 16.2 Å². The van der Waals surface area contributed by atoms with Gasteiger partial charge in [-0.2, -0.15) is 4.99 Å². The van der Waals surface area contributed by atoms with Crippen molar-refractivity contribution in [1.82, 2.24) is 10.0 Å². The first-order valence-corrected chi connectivity index (χ1v) is 10.4. The van der Waals surface area contributed by atoms with Gasteiger partial charge in [-0.05, 0) is 66.7 Å². The van der Waals surface area contributed by atoms with E-state index in [1.165, 1.54) is 4.57 Å². The minimum absolute atomic E-state index is 0.0881. The van der Waals surface area contributed by atoms with Crippen LogP contribution in [0.1, 0.15) is 11.3 Å². The van der Waals surface area contributed by atoms with Gasteiger partial charge in [-0.3, -0.25) is 9.59 Å². The monoisotopic (exact) mass is 460 g/mol. The summed E-state index contributed by atoms with van der Waals surface area (Å²) < 4.78 is 11.7. The Hall–Kier alpha value is -4.53. The molecule has 0 radical (unpaired) electrons. The molecule has 4 rings (SSSR count). The molecule has 0 fully saturated rings. The molecule has 1 amide bonds. The van der Waals surface area contributed by atoms with Crippen LogP contribution in [0.4, 0.5) is 5.69 Å². The van der Waals surface area contributed by atoms with Crippen LogP contribution in [0.2, 0.25) is 0 Å². The molecule has 2 N–H and O–H groups in total. The maximum atomic E-state index is 13.3. The molecule has 0 atom stereocenters. The van der Waals surface area contributed by atoms with Crippen molar-refractivity contribution in [3.63, 3.8) is 0 Å². The minimum Gasteiger partial charge on any atom is -0.497 e. The summed E-state index contributed by atoms with van der Waals surface area (Å²) in [6, 6.07) is 15.9. The average Bonchev–Trinajstić information content (AvgIpc) is 3.32. The van der Waals surface area contributed by atoms with Crippen molar-refractivity contribution in [2.45, 2.75) is 13.5 Å². The Bertz CT molecular complexity index is 1420. The van der Waals surface area contributed by atoms with Gasteiger partial charge in [-0.25, -0.2) is 5.48 Å². The zero-order valence-electron chi connectivity index (χ0n) is 19.0. The summed E-state index contributed by atoms with van der Waals surface area (Å²) in [6.45, 7) is 5.53. The number of aromatic nitrogens is 1. The molecule has 0 saturated carbocycles. The Labute approximate surface area is 195 Å². The van der Waals surface area contributed by atoms with Gasteiger partial charge < -0.3 is 24.2 Å². The first-order valence-electron chi connectivity index (χ1n) is 10.4. The van der Waals surface area contributed by atoms with Crippen molar-refractivity contribution in [2.75, 3.05) is 19.5 Å². The fraction of sp³-hybridized carbons (Fsp3) is 0.160. The summed E-state index contributed by atoms with van der Waals surface area (Å²) in [4.78, 5) is 35.9. The Balaban J connectivity index is 1.65. The lowest BCUT2D eigenvalue weighted by atomic mass is 10.2. The summed E-state index contributed by atoms with van der Waals surface area (Å²) in [5.74, 6) is 1.57. The normalized spacial score (nSPS) is 14.0. The van der Waals surface area contributed by atoms with Crippen molar-refractivity contribution in [3.05, 3.63) is 86.6 Å². The van der Waals surface area contributed by atoms with Gasteiger partial charge >= 0.3 is 0 Å². The highest BCUT2D eigenvalue weighted by atomic mass is 16.7. The van der Waals surface area contributed by atoms with Gasteiger partial charge in [-0.1, -0.05) is 6.58 Å². The topological polar surface area (TPSA) is 103 Å². The molecule has 34 heavy (non-hydrogen) atoms. The number of carbonyl (C=O) groups excluding carboxylic acids is 1. The van der Waals surface area contributed by atoms with Gasteiger partial charge in [0.1, 0.15) is 23.3 Å². The smallest absolute Gasteiger partial charge is 0.264 e. The van der Waals surface area contributed by atoms with Crippen LogP contribution in [0, 0.1) is 6.92 Å². The first-order chi connectivity index (χ1) is 16.4. The summed E-state index contributed by atoms with van der Waals surface area (Å²) in [7, 11) is 3.16. The molecule has 0 bridgehead atoms. The highest BCUT2D eigenvalue weighted by molar-refractivity contribution is 6.01. The number of hydrogen-bond donors (Lipinski definition) is 2. The number of pyridine rings is 1. The lowest BCUT2D eigenvalue weighted by Crippen LogP contribution is -2.47. The first kappa shape index (κ1) is 22.7. The van der Waals surface area contributed by atoms with Gasteiger partial charge in [0.15, 0.2) is 5.84 Å². The molecule has 1 aliphatic rings. The quantitative estimate of drug-likeness (QED) is 0.574.